The molecular weight excluding hydrogens is 304 g/mol. The number of hydrogen-bond donors (Lipinski definition) is 0. The van der Waals surface area contributed by atoms with E-state index >= 15 is 0 Å². The third kappa shape index (κ3) is 2.36. The standard InChI is InChI=1S/C17H20N6O/c1-12-11-13(20-16-7-9-19-23(12)16)14-5-3-4-10-22(14)17(24)15-6-8-18-21(15)2/h6-9,11,14H,3-5,10H2,1-2H3/t14-/m1/s1. The van der Waals surface area contributed by atoms with Crippen LogP contribution in [-0.4, -0.2) is 41.7 Å². The van der Waals surface area contributed by atoms with Crippen molar-refractivity contribution < 1.29 is 4.79 Å². The summed E-state index contributed by atoms with van der Waals surface area (Å²) in [6.45, 7) is 2.77. The van der Waals surface area contributed by atoms with Gasteiger partial charge in [0.1, 0.15) is 5.69 Å². The zero-order valence-electron chi connectivity index (χ0n) is 13.9. The molecule has 0 radical (unpaired) electrons. The van der Waals surface area contributed by atoms with Crippen LogP contribution < -0.4 is 0 Å². The van der Waals surface area contributed by atoms with Crippen LogP contribution in [0.4, 0.5) is 0 Å². The molecule has 0 aliphatic carbocycles. The Labute approximate surface area is 139 Å². The summed E-state index contributed by atoms with van der Waals surface area (Å²) < 4.78 is 3.45. The lowest BCUT2D eigenvalue weighted by Gasteiger charge is -2.35. The Morgan fingerprint density at radius 2 is 2.04 bits per heavy atom. The lowest BCUT2D eigenvalue weighted by molar-refractivity contribution is 0.0594. The van der Waals surface area contributed by atoms with Gasteiger partial charge in [0.2, 0.25) is 0 Å². The van der Waals surface area contributed by atoms with E-state index in [9.17, 15) is 4.79 Å². The first-order valence-electron chi connectivity index (χ1n) is 8.25. The van der Waals surface area contributed by atoms with Gasteiger partial charge in [-0.1, -0.05) is 0 Å². The topological polar surface area (TPSA) is 68.3 Å². The lowest BCUT2D eigenvalue weighted by Crippen LogP contribution is -2.39. The van der Waals surface area contributed by atoms with Crippen molar-refractivity contribution in [2.45, 2.75) is 32.2 Å². The van der Waals surface area contributed by atoms with Crippen LogP contribution in [0.25, 0.3) is 5.65 Å². The van der Waals surface area contributed by atoms with Crippen molar-refractivity contribution in [2.75, 3.05) is 6.54 Å². The Balaban J connectivity index is 1.73. The zero-order valence-corrected chi connectivity index (χ0v) is 13.9. The first-order valence-corrected chi connectivity index (χ1v) is 8.25. The van der Waals surface area contributed by atoms with Crippen molar-refractivity contribution in [3.63, 3.8) is 0 Å². The number of rotatable bonds is 2. The second-order valence-electron chi connectivity index (χ2n) is 6.27. The SMILES string of the molecule is Cc1cc([C@H]2CCCCN2C(=O)c2ccnn2C)nc2ccnn12. The van der Waals surface area contributed by atoms with Crippen LogP contribution in [0, 0.1) is 6.92 Å². The maximum Gasteiger partial charge on any atom is 0.272 e. The molecule has 1 saturated heterocycles. The summed E-state index contributed by atoms with van der Waals surface area (Å²) in [5.74, 6) is 0.0209. The molecule has 4 rings (SSSR count). The highest BCUT2D eigenvalue weighted by molar-refractivity contribution is 5.92. The molecule has 4 heterocycles. The monoisotopic (exact) mass is 324 g/mol. The van der Waals surface area contributed by atoms with E-state index in [1.807, 2.05) is 28.5 Å². The highest BCUT2D eigenvalue weighted by Crippen LogP contribution is 2.31. The van der Waals surface area contributed by atoms with Crippen molar-refractivity contribution >= 4 is 11.6 Å². The normalized spacial score (nSPS) is 18.2. The fraction of sp³-hybridized carbons (Fsp3) is 0.412. The Bertz CT molecular complexity index is 896. The summed E-state index contributed by atoms with van der Waals surface area (Å²) in [4.78, 5) is 19.7. The second kappa shape index (κ2) is 5.74. The van der Waals surface area contributed by atoms with Crippen LogP contribution in [0.15, 0.2) is 30.6 Å². The van der Waals surface area contributed by atoms with Gasteiger partial charge in [0, 0.05) is 31.5 Å². The smallest absolute Gasteiger partial charge is 0.272 e. The summed E-state index contributed by atoms with van der Waals surface area (Å²) in [5.41, 5.74) is 3.40. The van der Waals surface area contributed by atoms with E-state index in [0.29, 0.717) is 5.69 Å². The molecule has 1 aliphatic rings. The highest BCUT2D eigenvalue weighted by Gasteiger charge is 2.31. The van der Waals surface area contributed by atoms with Crippen molar-refractivity contribution in [3.05, 3.63) is 47.7 Å². The van der Waals surface area contributed by atoms with E-state index in [-0.39, 0.29) is 11.9 Å². The van der Waals surface area contributed by atoms with Crippen LogP contribution in [0.3, 0.4) is 0 Å². The Morgan fingerprint density at radius 1 is 1.21 bits per heavy atom. The maximum absolute atomic E-state index is 13.0. The number of carbonyl (C=O) groups excluding carboxylic acids is 1. The van der Waals surface area contributed by atoms with Gasteiger partial charge in [-0.15, -0.1) is 0 Å². The fourth-order valence-electron chi connectivity index (χ4n) is 3.48. The quantitative estimate of drug-likeness (QED) is 0.724. The lowest BCUT2D eigenvalue weighted by atomic mass is 9.98. The van der Waals surface area contributed by atoms with Crippen LogP contribution in [0.2, 0.25) is 0 Å². The maximum atomic E-state index is 13.0. The van der Waals surface area contributed by atoms with Gasteiger partial charge in [0.15, 0.2) is 5.65 Å². The zero-order chi connectivity index (χ0) is 16.7. The van der Waals surface area contributed by atoms with Gasteiger partial charge < -0.3 is 4.90 Å². The van der Waals surface area contributed by atoms with Gasteiger partial charge in [-0.25, -0.2) is 9.50 Å². The van der Waals surface area contributed by atoms with Gasteiger partial charge in [-0.2, -0.15) is 10.2 Å². The molecule has 0 spiro atoms. The van der Waals surface area contributed by atoms with Crippen LogP contribution >= 0.6 is 0 Å². The van der Waals surface area contributed by atoms with E-state index in [1.54, 1.807) is 30.2 Å². The molecule has 0 saturated carbocycles. The molecule has 1 aliphatic heterocycles. The number of hydrogen-bond acceptors (Lipinski definition) is 4. The number of likely N-dealkylation sites (tertiary alicyclic amines) is 1. The summed E-state index contributed by atoms with van der Waals surface area (Å²) in [7, 11) is 1.80. The number of nitrogens with zero attached hydrogens (tertiary/aromatic N) is 6. The number of amides is 1. The van der Waals surface area contributed by atoms with E-state index in [1.165, 1.54) is 0 Å². The predicted molar refractivity (Wildman–Crippen MR) is 88.6 cm³/mol. The molecular formula is C17H20N6O. The van der Waals surface area contributed by atoms with Crippen LogP contribution in [0.1, 0.15) is 47.2 Å². The van der Waals surface area contributed by atoms with Gasteiger partial charge >= 0.3 is 0 Å². The third-order valence-electron chi connectivity index (χ3n) is 4.70. The third-order valence-corrected chi connectivity index (χ3v) is 4.70. The number of aromatic nitrogens is 5. The first-order chi connectivity index (χ1) is 11.6. The number of aryl methyl sites for hydroxylation is 2. The molecule has 0 N–H and O–H groups in total. The molecule has 124 valence electrons. The van der Waals surface area contributed by atoms with E-state index in [2.05, 4.69) is 10.2 Å². The van der Waals surface area contributed by atoms with Crippen molar-refractivity contribution in [2.24, 2.45) is 7.05 Å². The fourth-order valence-corrected chi connectivity index (χ4v) is 3.48. The summed E-state index contributed by atoms with van der Waals surface area (Å²) >= 11 is 0. The minimum absolute atomic E-state index is 0.000231. The molecule has 7 nitrogen and oxygen atoms in total. The van der Waals surface area contributed by atoms with Crippen molar-refractivity contribution in [3.8, 4) is 0 Å². The molecule has 1 atom stereocenters. The average Bonchev–Trinajstić information content (AvgIpc) is 3.23. The van der Waals surface area contributed by atoms with Crippen molar-refractivity contribution in [1.82, 2.24) is 29.3 Å². The molecule has 1 amide bonds. The molecule has 0 aromatic carbocycles. The van der Waals surface area contributed by atoms with Crippen molar-refractivity contribution in [1.29, 1.82) is 0 Å². The molecule has 1 fully saturated rings. The highest BCUT2D eigenvalue weighted by atomic mass is 16.2. The molecule has 7 heteroatoms. The first kappa shape index (κ1) is 14.9. The van der Waals surface area contributed by atoms with E-state index < -0.39 is 0 Å². The number of fused-ring (bicyclic) bond motifs is 1. The van der Waals surface area contributed by atoms with Gasteiger partial charge in [-0.05, 0) is 38.3 Å². The predicted octanol–water partition coefficient (Wildman–Crippen LogP) is 2.14. The van der Waals surface area contributed by atoms with Crippen LogP contribution in [-0.2, 0) is 7.05 Å². The Morgan fingerprint density at radius 3 is 2.83 bits per heavy atom. The molecule has 0 unspecified atom stereocenters. The number of carbonyl (C=O) groups is 1. The van der Waals surface area contributed by atoms with Gasteiger partial charge in [-0.3, -0.25) is 9.48 Å². The molecule has 3 aromatic rings. The molecule has 0 bridgehead atoms. The summed E-state index contributed by atoms with van der Waals surface area (Å²) in [6, 6.07) is 5.71. The van der Waals surface area contributed by atoms with Gasteiger partial charge in [0.25, 0.3) is 5.91 Å². The van der Waals surface area contributed by atoms with E-state index in [0.717, 1.165) is 42.8 Å². The Kier molecular flexibility index (Phi) is 3.55. The molecule has 3 aromatic heterocycles. The number of piperidine rings is 1. The second-order valence-corrected chi connectivity index (χ2v) is 6.27. The average molecular weight is 324 g/mol. The van der Waals surface area contributed by atoms with Gasteiger partial charge in [0.05, 0.1) is 17.9 Å². The Hall–Kier alpha value is -2.70. The largest absolute Gasteiger partial charge is 0.329 e. The van der Waals surface area contributed by atoms with E-state index in [4.69, 9.17) is 4.98 Å². The minimum Gasteiger partial charge on any atom is -0.329 e. The molecule has 24 heavy (non-hydrogen) atoms. The van der Waals surface area contributed by atoms with Crippen LogP contribution in [0.5, 0.6) is 0 Å². The minimum atomic E-state index is -0.000231. The summed E-state index contributed by atoms with van der Waals surface area (Å²) in [5, 5.41) is 8.39. The summed E-state index contributed by atoms with van der Waals surface area (Å²) in [6.07, 6.45) is 6.46.